The number of amides is 1. The molecule has 34 heavy (non-hydrogen) atoms. The molecule has 0 aliphatic carbocycles. The molecule has 4 N–H and O–H groups in total. The number of nitrogens with zero attached hydrogens (tertiary/aromatic N) is 2. The third kappa shape index (κ3) is 6.22. The quantitative estimate of drug-likeness (QED) is 0.375. The number of aliphatic hydroxyl groups excluding tert-OH is 2. The van der Waals surface area contributed by atoms with Crippen LogP contribution >= 0.6 is 11.3 Å². The SMILES string of the molecule is CCc1cc(-c2nnc(-c3cc(CC(C)C)c(C)s3)o2)cc(C)c1OC[C@@H](O)CC(O)C(N)=O. The highest BCUT2D eigenvalue weighted by atomic mass is 32.1. The monoisotopic (exact) mass is 487 g/mol. The third-order valence-corrected chi connectivity index (χ3v) is 6.59. The predicted octanol–water partition coefficient (Wildman–Crippen LogP) is 3.82. The lowest BCUT2D eigenvalue weighted by molar-refractivity contribution is -0.127. The van der Waals surface area contributed by atoms with Gasteiger partial charge in [-0.3, -0.25) is 4.79 Å². The molecule has 0 fully saturated rings. The molecule has 2 aromatic heterocycles. The molecule has 3 rings (SSSR count). The van der Waals surface area contributed by atoms with E-state index < -0.39 is 18.1 Å². The standard InChI is InChI=1S/C25H33N3O5S/c1-6-16-9-18(8-14(4)22(16)32-12-19(29)11-20(30)23(26)31)24-27-28-25(33-24)21-10-17(7-13(2)3)15(5)34-21/h8-10,13,19-20,29-30H,6-7,11-12H2,1-5H3,(H2,26,31)/t19-,20?/m0/s1. The molecule has 0 aliphatic heterocycles. The molecule has 0 bridgehead atoms. The van der Waals surface area contributed by atoms with Gasteiger partial charge in [0.1, 0.15) is 18.5 Å². The Morgan fingerprint density at radius 1 is 1.15 bits per heavy atom. The minimum absolute atomic E-state index is 0.0708. The molecule has 1 amide bonds. The second-order valence-corrected chi connectivity index (χ2v) is 10.2. The van der Waals surface area contributed by atoms with Crippen LogP contribution in [-0.4, -0.2) is 45.1 Å². The van der Waals surface area contributed by atoms with Crippen LogP contribution in [0.15, 0.2) is 22.6 Å². The fourth-order valence-corrected chi connectivity index (χ4v) is 4.74. The molecule has 1 unspecified atom stereocenters. The van der Waals surface area contributed by atoms with Crippen molar-refractivity contribution in [3.05, 3.63) is 39.8 Å². The summed E-state index contributed by atoms with van der Waals surface area (Å²) in [5.74, 6) is 1.28. The maximum absolute atomic E-state index is 11.0. The Hall–Kier alpha value is -2.75. The third-order valence-electron chi connectivity index (χ3n) is 5.51. The number of rotatable bonds is 11. The molecule has 0 radical (unpaired) electrons. The molecule has 0 aliphatic rings. The van der Waals surface area contributed by atoms with Crippen LogP contribution in [0.25, 0.3) is 22.2 Å². The topological polar surface area (TPSA) is 132 Å². The van der Waals surface area contributed by atoms with Gasteiger partial charge in [-0.05, 0) is 67.5 Å². The lowest BCUT2D eigenvalue weighted by Crippen LogP contribution is -2.33. The van der Waals surface area contributed by atoms with Gasteiger partial charge in [0.2, 0.25) is 11.8 Å². The Morgan fingerprint density at radius 3 is 2.50 bits per heavy atom. The van der Waals surface area contributed by atoms with Crippen molar-refractivity contribution in [2.75, 3.05) is 6.61 Å². The molecule has 3 aromatic rings. The molecule has 8 nitrogen and oxygen atoms in total. The van der Waals surface area contributed by atoms with Gasteiger partial charge in [-0.2, -0.15) is 0 Å². The van der Waals surface area contributed by atoms with Crippen LogP contribution in [0, 0.1) is 19.8 Å². The summed E-state index contributed by atoms with van der Waals surface area (Å²) in [5.41, 5.74) is 8.91. The number of aliphatic hydroxyl groups is 2. The Balaban J connectivity index is 1.78. The number of aryl methyl sites for hydroxylation is 3. The lowest BCUT2D eigenvalue weighted by Gasteiger charge is -2.18. The minimum atomic E-state index is -1.41. The van der Waals surface area contributed by atoms with E-state index in [0.29, 0.717) is 29.9 Å². The number of primary amides is 1. The minimum Gasteiger partial charge on any atom is -0.490 e. The Labute approximate surface area is 203 Å². The Kier molecular flexibility index (Phi) is 8.46. The van der Waals surface area contributed by atoms with Crippen molar-refractivity contribution in [3.8, 4) is 28.0 Å². The van der Waals surface area contributed by atoms with E-state index in [1.165, 1.54) is 10.4 Å². The van der Waals surface area contributed by atoms with Crippen molar-refractivity contribution in [1.82, 2.24) is 10.2 Å². The van der Waals surface area contributed by atoms with Crippen molar-refractivity contribution < 1.29 is 24.2 Å². The molecule has 0 saturated heterocycles. The van der Waals surface area contributed by atoms with Gasteiger partial charge >= 0.3 is 0 Å². The summed E-state index contributed by atoms with van der Waals surface area (Å²) < 4.78 is 11.9. The highest BCUT2D eigenvalue weighted by molar-refractivity contribution is 7.15. The maximum Gasteiger partial charge on any atom is 0.258 e. The molecule has 184 valence electrons. The van der Waals surface area contributed by atoms with Gasteiger partial charge in [0.15, 0.2) is 0 Å². The molecule has 2 atom stereocenters. The zero-order valence-electron chi connectivity index (χ0n) is 20.3. The van der Waals surface area contributed by atoms with E-state index in [-0.39, 0.29) is 13.0 Å². The van der Waals surface area contributed by atoms with Crippen LogP contribution in [0.2, 0.25) is 0 Å². The van der Waals surface area contributed by atoms with Crippen molar-refractivity contribution in [2.45, 2.75) is 66.1 Å². The average Bonchev–Trinajstić information content (AvgIpc) is 3.39. The van der Waals surface area contributed by atoms with Crippen LogP contribution in [-0.2, 0) is 17.6 Å². The summed E-state index contributed by atoms with van der Waals surface area (Å²) in [6.45, 7) is 10.4. The normalized spacial score (nSPS) is 13.3. The highest BCUT2D eigenvalue weighted by Crippen LogP contribution is 2.35. The fourth-order valence-electron chi connectivity index (χ4n) is 3.77. The number of nitrogens with two attached hydrogens (primary N) is 1. The number of hydrogen-bond acceptors (Lipinski definition) is 8. The number of hydrogen-bond donors (Lipinski definition) is 3. The first-order valence-corrected chi connectivity index (χ1v) is 12.3. The number of carbonyl (C=O) groups excluding carboxylic acids is 1. The van der Waals surface area contributed by atoms with Gasteiger partial charge in [0, 0.05) is 16.9 Å². The second-order valence-electron chi connectivity index (χ2n) is 8.96. The van der Waals surface area contributed by atoms with Crippen LogP contribution in [0.5, 0.6) is 5.75 Å². The summed E-state index contributed by atoms with van der Waals surface area (Å²) in [5, 5.41) is 28.2. The predicted molar refractivity (Wildman–Crippen MR) is 132 cm³/mol. The van der Waals surface area contributed by atoms with E-state index in [9.17, 15) is 15.0 Å². The molecular weight excluding hydrogens is 454 g/mol. The Morgan fingerprint density at radius 2 is 1.85 bits per heavy atom. The summed E-state index contributed by atoms with van der Waals surface area (Å²) in [6.07, 6.45) is -0.916. The fraction of sp³-hybridized carbons (Fsp3) is 0.480. The van der Waals surface area contributed by atoms with Gasteiger partial charge < -0.3 is 25.1 Å². The van der Waals surface area contributed by atoms with E-state index in [2.05, 4.69) is 37.0 Å². The molecular formula is C25H33N3O5S. The summed E-state index contributed by atoms with van der Waals surface area (Å²) in [7, 11) is 0. The number of thiophene rings is 1. The van der Waals surface area contributed by atoms with Crippen LogP contribution in [0.4, 0.5) is 0 Å². The Bertz CT molecular complexity index is 1140. The zero-order valence-corrected chi connectivity index (χ0v) is 21.1. The van der Waals surface area contributed by atoms with Gasteiger partial charge in [-0.1, -0.05) is 20.8 Å². The summed E-state index contributed by atoms with van der Waals surface area (Å²) in [6, 6.07) is 5.98. The lowest BCUT2D eigenvalue weighted by atomic mass is 10.0. The number of carbonyl (C=O) groups is 1. The first-order valence-electron chi connectivity index (χ1n) is 11.4. The van der Waals surface area contributed by atoms with Crippen molar-refractivity contribution in [2.24, 2.45) is 11.7 Å². The van der Waals surface area contributed by atoms with Crippen LogP contribution in [0.1, 0.15) is 48.8 Å². The zero-order chi connectivity index (χ0) is 25.0. The molecule has 1 aromatic carbocycles. The van der Waals surface area contributed by atoms with Crippen LogP contribution < -0.4 is 10.5 Å². The number of aromatic nitrogens is 2. The smallest absolute Gasteiger partial charge is 0.258 e. The molecule has 9 heteroatoms. The second kappa shape index (κ2) is 11.1. The van der Waals surface area contributed by atoms with Crippen molar-refractivity contribution >= 4 is 17.2 Å². The highest BCUT2D eigenvalue weighted by Gasteiger charge is 2.20. The van der Waals surface area contributed by atoms with E-state index >= 15 is 0 Å². The van der Waals surface area contributed by atoms with Crippen molar-refractivity contribution in [1.29, 1.82) is 0 Å². The average molecular weight is 488 g/mol. The van der Waals surface area contributed by atoms with Gasteiger partial charge in [-0.15, -0.1) is 21.5 Å². The summed E-state index contributed by atoms with van der Waals surface area (Å²) >= 11 is 1.66. The van der Waals surface area contributed by atoms with E-state index in [1.807, 2.05) is 26.0 Å². The van der Waals surface area contributed by atoms with Crippen LogP contribution in [0.3, 0.4) is 0 Å². The summed E-state index contributed by atoms with van der Waals surface area (Å²) in [4.78, 5) is 13.2. The van der Waals surface area contributed by atoms with Gasteiger partial charge in [-0.25, -0.2) is 0 Å². The number of benzene rings is 1. The molecule has 2 heterocycles. The largest absolute Gasteiger partial charge is 0.490 e. The van der Waals surface area contributed by atoms with E-state index in [0.717, 1.165) is 28.0 Å². The van der Waals surface area contributed by atoms with Gasteiger partial charge in [0.25, 0.3) is 5.89 Å². The first-order chi connectivity index (χ1) is 16.1. The molecule has 0 spiro atoms. The van der Waals surface area contributed by atoms with E-state index in [4.69, 9.17) is 14.9 Å². The molecule has 0 saturated carbocycles. The maximum atomic E-state index is 11.0. The van der Waals surface area contributed by atoms with Gasteiger partial charge in [0.05, 0.1) is 11.0 Å². The first kappa shape index (κ1) is 25.9. The van der Waals surface area contributed by atoms with E-state index in [1.54, 1.807) is 11.3 Å². The van der Waals surface area contributed by atoms with Crippen molar-refractivity contribution in [3.63, 3.8) is 0 Å². The number of ether oxygens (including phenoxy) is 1.